The Morgan fingerprint density at radius 1 is 0.184 bits per heavy atom. The van der Waals surface area contributed by atoms with Crippen molar-refractivity contribution >= 4 is 0 Å². The van der Waals surface area contributed by atoms with Gasteiger partial charge >= 0.3 is 167 Å². The van der Waals surface area contributed by atoms with Crippen molar-refractivity contribution in [2.75, 3.05) is 40.5 Å². The second-order valence-electron chi connectivity index (χ2n) is 22.5. The summed E-state index contributed by atoms with van der Waals surface area (Å²) < 4.78 is 854. The van der Waals surface area contributed by atoms with Crippen LogP contribution in [0.5, 0.6) is 23.0 Å². The van der Waals surface area contributed by atoms with Crippen LogP contribution in [-0.2, 0) is 0 Å². The van der Waals surface area contributed by atoms with Gasteiger partial charge in [-0.1, -0.05) is 0 Å². The first-order valence-corrected chi connectivity index (χ1v) is 26.7. The van der Waals surface area contributed by atoms with Crippen LogP contribution in [0.2, 0.25) is 0 Å². The quantitative estimate of drug-likeness (QED) is 0.0658. The van der Waals surface area contributed by atoms with Gasteiger partial charge < -0.3 is 29.6 Å². The molecule has 2 rings (SSSR count). The SMILES string of the molecule is CN[C@H](c1cc(OCC(F)(F)C(F)(F)C(F)(F)C(F)(F)C(F)(F)C(F)(F)C(F)(F)F)cc(OCC(F)(F)C(F)(F)C(F)(F)C(F)(F)C(F)(F)C(F)(F)C(F)(F)F)c1)[C@H](NC)c1cc(OCC(F)(F)C(F)(F)C(F)(F)C(F)(F)C(F)(F)C(F)(F)C(F)(F)F)cc(OCC(F)(F)C(F)(F)C(F)(F)C(F)(F)C(F)(F)C(F)(F)C(F)(F)F)c1. The van der Waals surface area contributed by atoms with Crippen LogP contribution in [0.25, 0.3) is 0 Å². The van der Waals surface area contributed by atoms with Crippen LogP contribution < -0.4 is 29.6 Å². The van der Waals surface area contributed by atoms with Gasteiger partial charge in [-0.05, 0) is 49.5 Å². The van der Waals surface area contributed by atoms with E-state index in [-0.39, 0.29) is 14.1 Å². The lowest BCUT2D eigenvalue weighted by atomic mass is 9.91. The van der Waals surface area contributed by atoms with Crippen molar-refractivity contribution in [3.8, 4) is 23.0 Å². The van der Waals surface area contributed by atoms with Crippen molar-refractivity contribution in [2.24, 2.45) is 0 Å². The van der Waals surface area contributed by atoms with E-state index in [9.17, 15) is 228 Å². The van der Waals surface area contributed by atoms with Gasteiger partial charge in [0.2, 0.25) is 0 Å². The zero-order valence-corrected chi connectivity index (χ0v) is 51.8. The number of likely N-dealkylation sites (N-methyl/N-ethyl adjacent to an activating group) is 2. The Morgan fingerprint density at radius 3 is 0.412 bits per heavy atom. The molecule has 0 saturated carbocycles. The van der Waals surface area contributed by atoms with E-state index >= 15 is 35.1 Å². The van der Waals surface area contributed by atoms with Gasteiger partial charge in [-0.2, -0.15) is 263 Å². The molecule has 0 bridgehead atoms. The number of halogens is 60. The van der Waals surface area contributed by atoms with Gasteiger partial charge in [0.1, 0.15) is 23.0 Å². The third-order valence-corrected chi connectivity index (χ3v) is 14.7. The lowest BCUT2D eigenvalue weighted by Gasteiger charge is -2.41. The van der Waals surface area contributed by atoms with Crippen LogP contribution in [-0.4, -0.2) is 207 Å². The average molecular weight is 1830 g/mol. The summed E-state index contributed by atoms with van der Waals surface area (Å²) in [5, 5.41) is 2.96. The van der Waals surface area contributed by atoms with E-state index in [1.54, 1.807) is 0 Å². The Morgan fingerprint density at radius 2 is 0.298 bits per heavy atom. The third-order valence-electron chi connectivity index (χ3n) is 14.7. The van der Waals surface area contributed by atoms with E-state index < -0.39 is 276 Å². The molecule has 670 valence electrons. The Labute approximate surface area is 583 Å². The maximum absolute atomic E-state index is 15.1. The molecule has 0 amide bonds. The standard InChI is InChI=1S/C48H24F60N2O4/c1-109-19(13-3-15(111-9-21(49,50)25(57,58)29(65,66)33(73,74)37(81,82)41(89,90)45(97,98)99)7-16(4-13)112-10-22(51,52)26(59,60)30(67,68)34(75,76)38(83,84)42(91,92)46(100,101)102)20(110-2)14-5-17(113-11-23(53,54)27(61,62)31(69,70)35(77,78)39(85,86)43(93,94)47(103,104)105)8-18(6-14)114-12-24(55,56)28(63,64)32(71,72)36(79,80)40(87,88)44(95,96)48(106,107)108/h3-8,19-20,109-110H,9-12H2,1-2H3/t19-,20-/m1/s1. The Hall–Kier alpha value is -6.64. The van der Waals surface area contributed by atoms with E-state index in [1.165, 1.54) is 10.6 Å². The monoisotopic (exact) mass is 1830 g/mol. The number of nitrogens with one attached hydrogen (secondary N) is 2. The van der Waals surface area contributed by atoms with Crippen LogP contribution in [0, 0.1) is 0 Å². The van der Waals surface area contributed by atoms with Gasteiger partial charge in [0.05, 0.1) is 12.1 Å². The minimum atomic E-state index is -9.25. The third kappa shape index (κ3) is 15.4. The molecular weight excluding hydrogens is 1810 g/mol. The van der Waals surface area contributed by atoms with E-state index in [1.807, 2.05) is 0 Å². The molecule has 0 unspecified atom stereocenters. The van der Waals surface area contributed by atoms with Crippen molar-refractivity contribution in [3.63, 3.8) is 0 Å². The fraction of sp³-hybridized carbons (Fsp3) is 0.750. The molecule has 0 aliphatic heterocycles. The van der Waals surface area contributed by atoms with E-state index in [2.05, 4.69) is 18.9 Å². The van der Waals surface area contributed by atoms with Crippen LogP contribution in [0.3, 0.4) is 0 Å². The predicted molar refractivity (Wildman–Crippen MR) is 241 cm³/mol. The molecule has 0 heterocycles. The highest BCUT2D eigenvalue weighted by molar-refractivity contribution is 5.45. The molecule has 0 radical (unpaired) electrons. The van der Waals surface area contributed by atoms with Gasteiger partial charge in [0, 0.05) is 12.1 Å². The molecule has 2 aromatic carbocycles. The van der Waals surface area contributed by atoms with Crippen molar-refractivity contribution < 1.29 is 282 Å². The van der Waals surface area contributed by atoms with Gasteiger partial charge in [-0.15, -0.1) is 0 Å². The molecule has 0 spiro atoms. The largest absolute Gasteiger partial charge is 0.487 e. The highest BCUT2D eigenvalue weighted by Crippen LogP contribution is 2.68. The second kappa shape index (κ2) is 29.1. The molecule has 66 heteroatoms. The van der Waals surface area contributed by atoms with Crippen LogP contribution >= 0.6 is 0 Å². The molecule has 6 nitrogen and oxygen atoms in total. The van der Waals surface area contributed by atoms with Gasteiger partial charge in [0.25, 0.3) is 0 Å². The number of hydrogen-bond acceptors (Lipinski definition) is 6. The number of hydrogen-bond donors (Lipinski definition) is 2. The summed E-state index contributed by atoms with van der Waals surface area (Å²) in [6, 6.07) is -11.4. The van der Waals surface area contributed by atoms with Crippen LogP contribution in [0.15, 0.2) is 36.4 Å². The first-order chi connectivity index (χ1) is 49.2. The summed E-state index contributed by atoms with van der Waals surface area (Å²) in [5.41, 5.74) is -4.07. The second-order valence-corrected chi connectivity index (χ2v) is 22.5. The summed E-state index contributed by atoms with van der Waals surface area (Å²) in [6.07, 6.45) is -33.3. The minimum Gasteiger partial charge on any atom is -0.487 e. The lowest BCUT2D eigenvalue weighted by Crippen LogP contribution is -2.73. The van der Waals surface area contributed by atoms with Crippen molar-refractivity contribution in [2.45, 2.75) is 179 Å². The van der Waals surface area contributed by atoms with Crippen molar-refractivity contribution in [1.29, 1.82) is 0 Å². The van der Waals surface area contributed by atoms with E-state index in [4.69, 9.17) is 0 Å². The fourth-order valence-electron chi connectivity index (χ4n) is 7.99. The first kappa shape index (κ1) is 103. The number of alkyl halides is 60. The summed E-state index contributed by atoms with van der Waals surface area (Å²) in [5.74, 6) is -222. The fourth-order valence-corrected chi connectivity index (χ4v) is 7.99. The van der Waals surface area contributed by atoms with E-state index in [0.717, 1.165) is 0 Å². The number of benzene rings is 2. The first-order valence-electron chi connectivity index (χ1n) is 26.7. The smallest absolute Gasteiger partial charge is 0.460 e. The lowest BCUT2D eigenvalue weighted by molar-refractivity contribution is -0.453. The van der Waals surface area contributed by atoms with Crippen LogP contribution in [0.1, 0.15) is 23.2 Å². The number of rotatable bonds is 37. The Balaban J connectivity index is 3.37. The molecule has 2 N–H and O–H groups in total. The zero-order chi connectivity index (χ0) is 91.9. The zero-order valence-electron chi connectivity index (χ0n) is 51.8. The summed E-state index contributed by atoms with van der Waals surface area (Å²) in [7, 11) is 0.0641. The maximum Gasteiger partial charge on any atom is 0.460 e. The molecule has 0 saturated heterocycles. The molecule has 2 aromatic rings. The minimum absolute atomic E-state index is 0.0321. The molecule has 2 atom stereocenters. The highest BCUT2D eigenvalue weighted by atomic mass is 19.5. The Kier molecular flexibility index (Phi) is 26.4. The number of ether oxygens (including phenoxy) is 4. The molecule has 0 aliphatic rings. The summed E-state index contributed by atoms with van der Waals surface area (Å²) in [6.45, 7) is -17.4. The van der Waals surface area contributed by atoms with Crippen LogP contribution in [0.4, 0.5) is 263 Å². The summed E-state index contributed by atoms with van der Waals surface area (Å²) in [4.78, 5) is 0. The molecule has 0 aromatic heterocycles. The average Bonchev–Trinajstić information content (AvgIpc) is 0.716. The van der Waals surface area contributed by atoms with Gasteiger partial charge in [-0.25, -0.2) is 0 Å². The van der Waals surface area contributed by atoms with Gasteiger partial charge in [0.15, 0.2) is 26.4 Å². The molecule has 0 aliphatic carbocycles. The van der Waals surface area contributed by atoms with Crippen molar-refractivity contribution in [1.82, 2.24) is 10.6 Å². The molecule has 0 fully saturated rings. The van der Waals surface area contributed by atoms with Crippen molar-refractivity contribution in [3.05, 3.63) is 47.5 Å². The molecular formula is C48H24F60N2O4. The highest BCUT2D eigenvalue weighted by Gasteiger charge is 2.98. The Bertz CT molecular complexity index is 3200. The van der Waals surface area contributed by atoms with Gasteiger partial charge in [-0.3, -0.25) is 0 Å². The topological polar surface area (TPSA) is 61.0 Å². The predicted octanol–water partition coefficient (Wildman–Crippen LogP) is 21.9. The summed E-state index contributed by atoms with van der Waals surface area (Å²) >= 11 is 0. The van der Waals surface area contributed by atoms with E-state index in [0.29, 0.717) is 0 Å². The maximum atomic E-state index is 15.1. The normalized spacial score (nSPS) is 16.6. The molecule has 114 heavy (non-hydrogen) atoms.